The fraction of sp³-hybridized carbons (Fsp3) is 0.455. The minimum absolute atomic E-state index is 0.270. The second kappa shape index (κ2) is 3.59. The van der Waals surface area contributed by atoms with Crippen molar-refractivity contribution < 1.29 is 9.84 Å². The molecule has 3 nitrogen and oxygen atoms in total. The fourth-order valence-electron chi connectivity index (χ4n) is 1.81. The van der Waals surface area contributed by atoms with E-state index >= 15 is 0 Å². The van der Waals surface area contributed by atoms with Crippen LogP contribution in [0.25, 0.3) is 0 Å². The molecule has 1 atom stereocenters. The summed E-state index contributed by atoms with van der Waals surface area (Å²) in [5.74, 6) is 0.309. The minimum atomic E-state index is -0.270. The van der Waals surface area contributed by atoms with Gasteiger partial charge < -0.3 is 9.84 Å². The first-order valence-corrected chi connectivity index (χ1v) is 4.85. The van der Waals surface area contributed by atoms with Crippen molar-refractivity contribution in [2.45, 2.75) is 19.1 Å². The molecule has 1 aliphatic heterocycles. The summed E-state index contributed by atoms with van der Waals surface area (Å²) >= 11 is 0. The van der Waals surface area contributed by atoms with Crippen LogP contribution in [-0.2, 0) is 11.2 Å². The summed E-state index contributed by atoms with van der Waals surface area (Å²) in [6.07, 6.45) is 0.779. The molecule has 1 aliphatic rings. The molecular weight excluding hydrogens is 178 g/mol. The van der Waals surface area contributed by atoms with E-state index in [0.29, 0.717) is 5.75 Å². The molecule has 0 bridgehead atoms. The van der Waals surface area contributed by atoms with Crippen LogP contribution in [0.15, 0.2) is 24.3 Å². The second-order valence-corrected chi connectivity index (χ2v) is 3.85. The molecule has 3 heteroatoms. The summed E-state index contributed by atoms with van der Waals surface area (Å²) in [5, 5.41) is 12.6. The van der Waals surface area contributed by atoms with Crippen molar-refractivity contribution in [3.63, 3.8) is 0 Å². The van der Waals surface area contributed by atoms with Gasteiger partial charge in [0.2, 0.25) is 0 Å². The molecule has 1 aromatic carbocycles. The summed E-state index contributed by atoms with van der Waals surface area (Å²) < 4.78 is 5.59. The van der Waals surface area contributed by atoms with Crippen molar-refractivity contribution in [1.29, 1.82) is 0 Å². The van der Waals surface area contributed by atoms with Crippen LogP contribution in [0.2, 0.25) is 0 Å². The number of benzene rings is 1. The number of hydrogen-bond donors (Lipinski definition) is 2. The van der Waals surface area contributed by atoms with Gasteiger partial charge in [-0.1, -0.05) is 12.1 Å². The third-order valence-electron chi connectivity index (χ3n) is 2.47. The zero-order chi connectivity index (χ0) is 10.0. The molecule has 0 radical (unpaired) electrons. The SMILES string of the molecule is CC1(Cc2cccc(O)c2)NCCO1. The lowest BCUT2D eigenvalue weighted by Gasteiger charge is -2.23. The molecule has 14 heavy (non-hydrogen) atoms. The van der Waals surface area contributed by atoms with Gasteiger partial charge in [0.1, 0.15) is 11.5 Å². The van der Waals surface area contributed by atoms with Crippen LogP contribution in [0.4, 0.5) is 0 Å². The standard InChI is InChI=1S/C11H15NO2/c1-11(12-5-6-14-11)8-9-3-2-4-10(13)7-9/h2-4,7,12-13H,5-6,8H2,1H3. The van der Waals surface area contributed by atoms with Crippen LogP contribution in [-0.4, -0.2) is 24.0 Å². The van der Waals surface area contributed by atoms with Crippen LogP contribution in [0, 0.1) is 0 Å². The highest BCUT2D eigenvalue weighted by Crippen LogP contribution is 2.20. The predicted octanol–water partition coefficient (Wildman–Crippen LogP) is 1.27. The van der Waals surface area contributed by atoms with Gasteiger partial charge in [0.25, 0.3) is 0 Å². The van der Waals surface area contributed by atoms with Crippen molar-refractivity contribution >= 4 is 0 Å². The average Bonchev–Trinajstić information content (AvgIpc) is 2.51. The van der Waals surface area contributed by atoms with E-state index in [-0.39, 0.29) is 5.72 Å². The average molecular weight is 193 g/mol. The Kier molecular flexibility index (Phi) is 2.44. The van der Waals surface area contributed by atoms with Gasteiger partial charge in [0.05, 0.1) is 6.61 Å². The summed E-state index contributed by atoms with van der Waals surface area (Å²) in [7, 11) is 0. The Morgan fingerprint density at radius 1 is 1.57 bits per heavy atom. The molecule has 2 rings (SSSR count). The quantitative estimate of drug-likeness (QED) is 0.743. The number of rotatable bonds is 2. The lowest BCUT2D eigenvalue weighted by Crippen LogP contribution is -2.39. The monoisotopic (exact) mass is 193 g/mol. The molecule has 2 N–H and O–H groups in total. The van der Waals surface area contributed by atoms with Gasteiger partial charge in [-0.3, -0.25) is 5.32 Å². The molecule has 76 valence electrons. The van der Waals surface area contributed by atoms with E-state index in [1.54, 1.807) is 12.1 Å². The lowest BCUT2D eigenvalue weighted by atomic mass is 10.0. The molecule has 0 saturated carbocycles. The number of phenolic OH excluding ortho intramolecular Hbond substituents is 1. The summed E-state index contributed by atoms with van der Waals surface area (Å²) in [5.41, 5.74) is 0.815. The number of nitrogens with one attached hydrogen (secondary N) is 1. The van der Waals surface area contributed by atoms with Gasteiger partial charge in [0, 0.05) is 13.0 Å². The van der Waals surface area contributed by atoms with E-state index in [2.05, 4.69) is 5.32 Å². The Morgan fingerprint density at radius 3 is 3.07 bits per heavy atom. The highest BCUT2D eigenvalue weighted by Gasteiger charge is 2.29. The van der Waals surface area contributed by atoms with Crippen LogP contribution in [0.3, 0.4) is 0 Å². The first kappa shape index (κ1) is 9.49. The van der Waals surface area contributed by atoms with Gasteiger partial charge in [-0.2, -0.15) is 0 Å². The third-order valence-corrected chi connectivity index (χ3v) is 2.47. The van der Waals surface area contributed by atoms with Crippen molar-refractivity contribution in [3.8, 4) is 5.75 Å². The lowest BCUT2D eigenvalue weighted by molar-refractivity contribution is 0.00700. The normalized spacial score (nSPS) is 26.6. The van der Waals surface area contributed by atoms with E-state index in [9.17, 15) is 5.11 Å². The van der Waals surface area contributed by atoms with E-state index in [0.717, 1.165) is 25.1 Å². The number of hydrogen-bond acceptors (Lipinski definition) is 3. The summed E-state index contributed by atoms with van der Waals surface area (Å²) in [4.78, 5) is 0. The van der Waals surface area contributed by atoms with E-state index < -0.39 is 0 Å². The van der Waals surface area contributed by atoms with Crippen molar-refractivity contribution in [3.05, 3.63) is 29.8 Å². The highest BCUT2D eigenvalue weighted by atomic mass is 16.5. The number of ether oxygens (including phenoxy) is 1. The Balaban J connectivity index is 2.10. The Bertz CT molecular complexity index is 319. The first-order chi connectivity index (χ1) is 6.68. The first-order valence-electron chi connectivity index (χ1n) is 4.85. The van der Waals surface area contributed by atoms with Gasteiger partial charge in [-0.15, -0.1) is 0 Å². The summed E-state index contributed by atoms with van der Waals surface area (Å²) in [6.45, 7) is 3.69. The zero-order valence-corrected chi connectivity index (χ0v) is 8.29. The number of aromatic hydroxyl groups is 1. The maximum atomic E-state index is 9.31. The van der Waals surface area contributed by atoms with Crippen molar-refractivity contribution in [1.82, 2.24) is 5.32 Å². The van der Waals surface area contributed by atoms with Crippen LogP contribution >= 0.6 is 0 Å². The van der Waals surface area contributed by atoms with Gasteiger partial charge >= 0.3 is 0 Å². The molecule has 1 fully saturated rings. The molecule has 0 amide bonds. The predicted molar refractivity (Wildman–Crippen MR) is 54.2 cm³/mol. The fourth-order valence-corrected chi connectivity index (χ4v) is 1.81. The number of phenols is 1. The molecular formula is C11H15NO2. The topological polar surface area (TPSA) is 41.5 Å². The largest absolute Gasteiger partial charge is 0.508 e. The maximum Gasteiger partial charge on any atom is 0.120 e. The third kappa shape index (κ3) is 2.05. The smallest absolute Gasteiger partial charge is 0.120 e. The van der Waals surface area contributed by atoms with Gasteiger partial charge in [0.15, 0.2) is 0 Å². The van der Waals surface area contributed by atoms with Crippen LogP contribution < -0.4 is 5.32 Å². The van der Waals surface area contributed by atoms with Gasteiger partial charge in [-0.25, -0.2) is 0 Å². The maximum absolute atomic E-state index is 9.31. The molecule has 0 aliphatic carbocycles. The molecule has 1 aromatic rings. The molecule has 1 saturated heterocycles. The highest BCUT2D eigenvalue weighted by molar-refractivity contribution is 5.28. The molecule has 0 aromatic heterocycles. The van der Waals surface area contributed by atoms with Crippen molar-refractivity contribution in [2.24, 2.45) is 0 Å². The van der Waals surface area contributed by atoms with E-state index in [1.807, 2.05) is 19.1 Å². The molecule has 0 spiro atoms. The molecule has 1 unspecified atom stereocenters. The van der Waals surface area contributed by atoms with Crippen molar-refractivity contribution in [2.75, 3.05) is 13.2 Å². The van der Waals surface area contributed by atoms with Gasteiger partial charge in [-0.05, 0) is 24.6 Å². The Hall–Kier alpha value is -1.06. The van der Waals surface area contributed by atoms with Crippen LogP contribution in [0.1, 0.15) is 12.5 Å². The van der Waals surface area contributed by atoms with E-state index in [1.165, 1.54) is 0 Å². The van der Waals surface area contributed by atoms with Crippen LogP contribution in [0.5, 0.6) is 5.75 Å². The van der Waals surface area contributed by atoms with E-state index in [4.69, 9.17) is 4.74 Å². The Labute approximate surface area is 83.7 Å². The zero-order valence-electron chi connectivity index (χ0n) is 8.29. The second-order valence-electron chi connectivity index (χ2n) is 3.85. The Morgan fingerprint density at radius 2 is 2.43 bits per heavy atom. The minimum Gasteiger partial charge on any atom is -0.508 e. The summed E-state index contributed by atoms with van der Waals surface area (Å²) in [6, 6.07) is 7.29. The molecule has 1 heterocycles.